The second-order valence-corrected chi connectivity index (χ2v) is 4.40. The second kappa shape index (κ2) is 8.16. The molecule has 0 amide bonds. The Morgan fingerprint density at radius 1 is 0.737 bits per heavy atom. The molecule has 0 bridgehead atoms. The van der Waals surface area contributed by atoms with Crippen molar-refractivity contribution >= 4 is 23.1 Å². The summed E-state index contributed by atoms with van der Waals surface area (Å²) in [5, 5.41) is 26.6. The van der Waals surface area contributed by atoms with Gasteiger partial charge in [0.05, 0.1) is 0 Å². The number of thioether (sulfide) groups is 1. The zero-order chi connectivity index (χ0) is 14.1. The first-order valence-corrected chi connectivity index (χ1v) is 7.20. The first kappa shape index (κ1) is 15.0. The lowest BCUT2D eigenvalue weighted by molar-refractivity contribution is 0.474. The van der Waals surface area contributed by atoms with Crippen LogP contribution in [0, 0.1) is 0 Å². The van der Waals surface area contributed by atoms with Crippen LogP contribution < -0.4 is 0 Å². The lowest BCUT2D eigenvalue weighted by Crippen LogP contribution is -1.68. The van der Waals surface area contributed by atoms with E-state index < -0.39 is 0 Å². The third kappa shape index (κ3) is 5.01. The van der Waals surface area contributed by atoms with E-state index in [0.717, 1.165) is 0 Å². The Bertz CT molecular complexity index is 497. The number of hydrogen-bond acceptors (Lipinski definition) is 5. The van der Waals surface area contributed by atoms with E-state index in [9.17, 15) is 10.2 Å². The van der Waals surface area contributed by atoms with Crippen LogP contribution in [-0.4, -0.2) is 22.7 Å². The summed E-state index contributed by atoms with van der Waals surface area (Å²) in [5.74, 6) is 0.114. The van der Waals surface area contributed by atoms with Crippen molar-refractivity contribution in [3.05, 3.63) is 48.5 Å². The van der Waals surface area contributed by atoms with Crippen LogP contribution in [0.4, 0.5) is 11.4 Å². The SMILES string of the molecule is CSC.Oc1ccccc1N=Nc1ccccc1O. The van der Waals surface area contributed by atoms with Gasteiger partial charge in [-0.05, 0) is 36.8 Å². The van der Waals surface area contributed by atoms with Gasteiger partial charge < -0.3 is 10.2 Å². The molecule has 100 valence electrons. The maximum Gasteiger partial charge on any atom is 0.143 e. The fourth-order valence-corrected chi connectivity index (χ4v) is 1.21. The number of hydrogen-bond donors (Lipinski definition) is 2. The number of phenols is 2. The fraction of sp³-hybridized carbons (Fsp3) is 0.143. The van der Waals surface area contributed by atoms with E-state index in [2.05, 4.69) is 10.2 Å². The predicted octanol–water partition coefficient (Wildman–Crippen LogP) is 4.49. The number of rotatable bonds is 2. The third-order valence-electron chi connectivity index (χ3n) is 2.03. The van der Waals surface area contributed by atoms with Crippen LogP contribution in [0.2, 0.25) is 0 Å². The summed E-state index contributed by atoms with van der Waals surface area (Å²) >= 11 is 1.75. The molecule has 5 heteroatoms. The number of azo groups is 1. The van der Waals surface area contributed by atoms with Crippen LogP contribution in [0.3, 0.4) is 0 Å². The van der Waals surface area contributed by atoms with Crippen molar-refractivity contribution in [2.24, 2.45) is 10.2 Å². The number of nitrogens with zero attached hydrogens (tertiary/aromatic N) is 2. The molecular formula is C14H16N2O2S. The monoisotopic (exact) mass is 276 g/mol. The van der Waals surface area contributed by atoms with Crippen molar-refractivity contribution in [3.63, 3.8) is 0 Å². The third-order valence-corrected chi connectivity index (χ3v) is 2.03. The summed E-state index contributed by atoms with van der Waals surface area (Å²) in [6, 6.07) is 13.2. The van der Waals surface area contributed by atoms with Crippen molar-refractivity contribution in [2.75, 3.05) is 12.5 Å². The summed E-state index contributed by atoms with van der Waals surface area (Å²) in [5.41, 5.74) is 0.733. The Hall–Kier alpha value is -2.01. The predicted molar refractivity (Wildman–Crippen MR) is 79.8 cm³/mol. The van der Waals surface area contributed by atoms with Gasteiger partial charge >= 0.3 is 0 Å². The smallest absolute Gasteiger partial charge is 0.143 e. The maximum atomic E-state index is 9.44. The van der Waals surface area contributed by atoms with Crippen molar-refractivity contribution in [1.29, 1.82) is 0 Å². The molecule has 0 heterocycles. The molecule has 2 aromatic rings. The van der Waals surface area contributed by atoms with Gasteiger partial charge in [-0.2, -0.15) is 11.8 Å². The minimum atomic E-state index is 0.0571. The summed E-state index contributed by atoms with van der Waals surface area (Å²) in [4.78, 5) is 0. The van der Waals surface area contributed by atoms with E-state index >= 15 is 0 Å². The van der Waals surface area contributed by atoms with Crippen LogP contribution in [-0.2, 0) is 0 Å². The van der Waals surface area contributed by atoms with Crippen LogP contribution in [0.5, 0.6) is 11.5 Å². The highest BCUT2D eigenvalue weighted by Crippen LogP contribution is 2.30. The molecule has 0 saturated carbocycles. The highest BCUT2D eigenvalue weighted by atomic mass is 32.2. The number of benzene rings is 2. The first-order valence-electron chi connectivity index (χ1n) is 5.57. The van der Waals surface area contributed by atoms with Gasteiger partial charge in [0.15, 0.2) is 0 Å². The van der Waals surface area contributed by atoms with Gasteiger partial charge in [0.1, 0.15) is 22.9 Å². The Labute approximate surface area is 116 Å². The van der Waals surface area contributed by atoms with Gasteiger partial charge in [-0.1, -0.05) is 24.3 Å². The van der Waals surface area contributed by atoms with Crippen molar-refractivity contribution in [1.82, 2.24) is 0 Å². The Kier molecular flexibility index (Phi) is 6.46. The van der Waals surface area contributed by atoms with Crippen LogP contribution >= 0.6 is 11.8 Å². The summed E-state index contributed by atoms with van der Waals surface area (Å²) in [7, 11) is 0. The minimum absolute atomic E-state index is 0.0571. The zero-order valence-corrected chi connectivity index (χ0v) is 11.6. The van der Waals surface area contributed by atoms with Gasteiger partial charge in [-0.3, -0.25) is 0 Å². The average Bonchev–Trinajstić information content (AvgIpc) is 2.40. The van der Waals surface area contributed by atoms with Crippen molar-refractivity contribution in [3.8, 4) is 11.5 Å². The standard InChI is InChI=1S/C12H10N2O2.C2H6S/c15-11-7-3-1-5-9(11)13-14-10-6-2-4-8-12(10)16;1-3-2/h1-8,15-16H;1-2H3. The molecule has 0 aliphatic heterocycles. The molecule has 0 aromatic heterocycles. The molecule has 0 aliphatic rings. The molecule has 2 rings (SSSR count). The second-order valence-electron chi connectivity index (χ2n) is 3.59. The average molecular weight is 276 g/mol. The molecule has 19 heavy (non-hydrogen) atoms. The number of aromatic hydroxyl groups is 2. The normalized spacial score (nSPS) is 10.0. The van der Waals surface area contributed by atoms with Gasteiger partial charge in [0.2, 0.25) is 0 Å². The van der Waals surface area contributed by atoms with E-state index in [1.807, 2.05) is 12.5 Å². The Morgan fingerprint density at radius 3 is 1.37 bits per heavy atom. The van der Waals surface area contributed by atoms with Gasteiger partial charge in [0, 0.05) is 0 Å². The zero-order valence-electron chi connectivity index (χ0n) is 10.8. The van der Waals surface area contributed by atoms with Crippen LogP contribution in [0.1, 0.15) is 0 Å². The molecular weight excluding hydrogens is 260 g/mol. The molecule has 0 aliphatic carbocycles. The van der Waals surface area contributed by atoms with Gasteiger partial charge in [-0.15, -0.1) is 10.2 Å². The van der Waals surface area contributed by atoms with E-state index in [-0.39, 0.29) is 11.5 Å². The quantitative estimate of drug-likeness (QED) is 0.794. The molecule has 2 aromatic carbocycles. The Balaban J connectivity index is 0.000000550. The molecule has 0 radical (unpaired) electrons. The largest absolute Gasteiger partial charge is 0.506 e. The highest BCUT2D eigenvalue weighted by Gasteiger charge is 1.99. The summed E-state index contributed by atoms with van der Waals surface area (Å²) in [6.45, 7) is 0. The lowest BCUT2D eigenvalue weighted by atomic mass is 10.3. The summed E-state index contributed by atoms with van der Waals surface area (Å²) < 4.78 is 0. The molecule has 0 fully saturated rings. The maximum absolute atomic E-state index is 9.44. The van der Waals surface area contributed by atoms with Gasteiger partial charge in [0.25, 0.3) is 0 Å². The lowest BCUT2D eigenvalue weighted by Gasteiger charge is -1.97. The molecule has 2 N–H and O–H groups in total. The van der Waals surface area contributed by atoms with Crippen molar-refractivity contribution < 1.29 is 10.2 Å². The van der Waals surface area contributed by atoms with E-state index in [0.29, 0.717) is 11.4 Å². The first-order chi connectivity index (χ1) is 9.19. The molecule has 0 unspecified atom stereocenters. The van der Waals surface area contributed by atoms with Crippen LogP contribution in [0.15, 0.2) is 58.8 Å². The number of para-hydroxylation sites is 2. The van der Waals surface area contributed by atoms with E-state index in [4.69, 9.17) is 0 Å². The minimum Gasteiger partial charge on any atom is -0.506 e. The van der Waals surface area contributed by atoms with Crippen LogP contribution in [0.25, 0.3) is 0 Å². The van der Waals surface area contributed by atoms with E-state index in [1.54, 1.807) is 48.2 Å². The van der Waals surface area contributed by atoms with Crippen molar-refractivity contribution in [2.45, 2.75) is 0 Å². The topological polar surface area (TPSA) is 65.2 Å². The molecule has 0 saturated heterocycles. The molecule has 0 atom stereocenters. The van der Waals surface area contributed by atoms with E-state index in [1.165, 1.54) is 12.1 Å². The van der Waals surface area contributed by atoms with Gasteiger partial charge in [-0.25, -0.2) is 0 Å². The number of phenolic OH excluding ortho intramolecular Hbond substituents is 2. The Morgan fingerprint density at radius 2 is 1.05 bits per heavy atom. The summed E-state index contributed by atoms with van der Waals surface area (Å²) in [6.07, 6.45) is 4.08. The molecule has 0 spiro atoms. The fourth-order valence-electron chi connectivity index (χ4n) is 1.21. The molecule has 4 nitrogen and oxygen atoms in total. The highest BCUT2D eigenvalue weighted by molar-refractivity contribution is 7.97.